The summed E-state index contributed by atoms with van der Waals surface area (Å²) >= 11 is 0. The minimum Gasteiger partial charge on any atom is -0.481 e. The second-order valence-electron chi connectivity index (χ2n) is 4.51. The largest absolute Gasteiger partial charge is 0.481 e. The molecule has 1 unspecified atom stereocenters. The number of aliphatic carboxylic acids is 1. The van der Waals surface area contributed by atoms with E-state index in [9.17, 15) is 9.59 Å². The molecule has 0 fully saturated rings. The van der Waals surface area contributed by atoms with Crippen LogP contribution in [0.3, 0.4) is 0 Å². The van der Waals surface area contributed by atoms with Crippen molar-refractivity contribution in [2.45, 2.75) is 27.2 Å². The van der Waals surface area contributed by atoms with Crippen molar-refractivity contribution in [3.05, 3.63) is 0 Å². The third-order valence-electron chi connectivity index (χ3n) is 2.24. The summed E-state index contributed by atoms with van der Waals surface area (Å²) in [6.45, 7) is 5.61. The molecular weight excluding hydrogens is 196 g/mol. The molecule has 0 spiro atoms. The molecule has 5 nitrogen and oxygen atoms in total. The van der Waals surface area contributed by atoms with Crippen LogP contribution in [0.5, 0.6) is 0 Å². The third-order valence-corrected chi connectivity index (χ3v) is 2.24. The smallest absolute Gasteiger partial charge is 0.310 e. The highest BCUT2D eigenvalue weighted by atomic mass is 16.4. The molecule has 5 heteroatoms. The molecule has 0 aromatic heterocycles. The van der Waals surface area contributed by atoms with E-state index in [1.807, 2.05) is 6.92 Å². The third kappa shape index (κ3) is 5.37. The highest BCUT2D eigenvalue weighted by Crippen LogP contribution is 2.13. The van der Waals surface area contributed by atoms with Gasteiger partial charge in [0.2, 0.25) is 5.91 Å². The van der Waals surface area contributed by atoms with Crippen molar-refractivity contribution in [3.63, 3.8) is 0 Å². The number of amides is 1. The zero-order valence-corrected chi connectivity index (χ0v) is 9.54. The number of carboxylic acids is 1. The normalized spacial score (nSPS) is 13.3. The van der Waals surface area contributed by atoms with Crippen LogP contribution < -0.4 is 11.1 Å². The molecule has 1 atom stereocenters. The molecular formula is C10H20N2O3. The predicted octanol–water partition coefficient (Wildman–Crippen LogP) is 0.198. The van der Waals surface area contributed by atoms with E-state index in [1.54, 1.807) is 13.8 Å². The Morgan fingerprint density at radius 3 is 2.40 bits per heavy atom. The molecule has 0 rings (SSSR count). The van der Waals surface area contributed by atoms with E-state index in [4.69, 9.17) is 10.8 Å². The Bertz CT molecular complexity index is 239. The van der Waals surface area contributed by atoms with E-state index in [-0.39, 0.29) is 18.4 Å². The zero-order valence-electron chi connectivity index (χ0n) is 9.54. The molecule has 88 valence electrons. The summed E-state index contributed by atoms with van der Waals surface area (Å²) in [5, 5.41) is 11.4. The van der Waals surface area contributed by atoms with E-state index >= 15 is 0 Å². The quantitative estimate of drug-likeness (QED) is 0.591. The number of rotatable bonds is 6. The fourth-order valence-corrected chi connectivity index (χ4v) is 0.867. The highest BCUT2D eigenvalue weighted by Gasteiger charge is 2.27. The van der Waals surface area contributed by atoms with E-state index < -0.39 is 11.4 Å². The Hall–Kier alpha value is -1.10. The Morgan fingerprint density at radius 2 is 2.00 bits per heavy atom. The minimum absolute atomic E-state index is 0.123. The van der Waals surface area contributed by atoms with E-state index in [0.717, 1.165) is 0 Å². The first kappa shape index (κ1) is 13.9. The molecule has 0 aliphatic carbocycles. The summed E-state index contributed by atoms with van der Waals surface area (Å²) in [6, 6.07) is 0. The molecule has 0 saturated carbocycles. The van der Waals surface area contributed by atoms with Crippen molar-refractivity contribution < 1.29 is 14.7 Å². The van der Waals surface area contributed by atoms with Crippen LogP contribution >= 0.6 is 0 Å². The molecule has 0 heterocycles. The lowest BCUT2D eigenvalue weighted by molar-refractivity contribution is -0.146. The van der Waals surface area contributed by atoms with Gasteiger partial charge in [0.15, 0.2) is 0 Å². The van der Waals surface area contributed by atoms with Gasteiger partial charge in [0.25, 0.3) is 0 Å². The summed E-state index contributed by atoms with van der Waals surface area (Å²) in [7, 11) is 0. The summed E-state index contributed by atoms with van der Waals surface area (Å²) < 4.78 is 0. The van der Waals surface area contributed by atoms with Gasteiger partial charge in [-0.25, -0.2) is 0 Å². The van der Waals surface area contributed by atoms with Crippen molar-refractivity contribution >= 4 is 11.9 Å². The zero-order chi connectivity index (χ0) is 12.1. The lowest BCUT2D eigenvalue weighted by Crippen LogP contribution is -2.39. The van der Waals surface area contributed by atoms with Gasteiger partial charge >= 0.3 is 5.97 Å². The maximum Gasteiger partial charge on any atom is 0.310 e. The second-order valence-corrected chi connectivity index (χ2v) is 4.51. The SMILES string of the molecule is CC(CN)CC(=O)NCC(C)(C)C(=O)O. The molecule has 0 radical (unpaired) electrons. The topological polar surface area (TPSA) is 92.4 Å². The van der Waals surface area contributed by atoms with Crippen LogP contribution in [0, 0.1) is 11.3 Å². The highest BCUT2D eigenvalue weighted by molar-refractivity contribution is 5.78. The maximum absolute atomic E-state index is 11.3. The van der Waals surface area contributed by atoms with Crippen LogP contribution in [0.4, 0.5) is 0 Å². The van der Waals surface area contributed by atoms with Crippen LogP contribution in [0.15, 0.2) is 0 Å². The minimum atomic E-state index is -0.929. The molecule has 0 aromatic rings. The summed E-state index contributed by atoms with van der Waals surface area (Å²) in [4.78, 5) is 22.1. The Kier molecular flexibility index (Phi) is 5.28. The molecule has 0 saturated heterocycles. The molecule has 1 amide bonds. The molecule has 15 heavy (non-hydrogen) atoms. The number of nitrogens with one attached hydrogen (secondary N) is 1. The average Bonchev–Trinajstić information content (AvgIpc) is 2.14. The van der Waals surface area contributed by atoms with Gasteiger partial charge in [0.05, 0.1) is 5.41 Å². The standard InChI is InChI=1S/C10H20N2O3/c1-7(5-11)4-8(13)12-6-10(2,3)9(14)15/h7H,4-6,11H2,1-3H3,(H,12,13)(H,14,15). The van der Waals surface area contributed by atoms with Gasteiger partial charge in [-0.15, -0.1) is 0 Å². The fourth-order valence-electron chi connectivity index (χ4n) is 0.867. The maximum atomic E-state index is 11.3. The number of carbonyl (C=O) groups excluding carboxylic acids is 1. The Balaban J connectivity index is 3.96. The summed E-state index contributed by atoms with van der Waals surface area (Å²) in [5.74, 6) is -0.949. The molecule has 0 aromatic carbocycles. The van der Waals surface area contributed by atoms with Crippen LogP contribution in [-0.2, 0) is 9.59 Å². The van der Waals surface area contributed by atoms with Crippen molar-refractivity contribution in [2.75, 3.05) is 13.1 Å². The van der Waals surface area contributed by atoms with Gasteiger partial charge in [0.1, 0.15) is 0 Å². The van der Waals surface area contributed by atoms with Crippen LogP contribution in [-0.4, -0.2) is 30.1 Å². The molecule has 0 bridgehead atoms. The lowest BCUT2D eigenvalue weighted by Gasteiger charge is -2.20. The van der Waals surface area contributed by atoms with Crippen LogP contribution in [0.2, 0.25) is 0 Å². The summed E-state index contributed by atoms with van der Waals surface area (Å²) in [6.07, 6.45) is 0.339. The average molecular weight is 216 g/mol. The number of hydrogen-bond donors (Lipinski definition) is 3. The van der Waals surface area contributed by atoms with E-state index in [1.165, 1.54) is 0 Å². The van der Waals surface area contributed by atoms with Gasteiger partial charge < -0.3 is 16.2 Å². The number of carboxylic acid groups (broad SMARTS) is 1. The number of hydrogen-bond acceptors (Lipinski definition) is 3. The van der Waals surface area contributed by atoms with Gasteiger partial charge in [-0.3, -0.25) is 9.59 Å². The van der Waals surface area contributed by atoms with Gasteiger partial charge in [-0.1, -0.05) is 6.92 Å². The predicted molar refractivity (Wildman–Crippen MR) is 57.3 cm³/mol. The first-order valence-corrected chi connectivity index (χ1v) is 4.99. The number of nitrogens with two attached hydrogens (primary N) is 1. The van der Waals surface area contributed by atoms with Gasteiger partial charge in [-0.2, -0.15) is 0 Å². The van der Waals surface area contributed by atoms with Crippen molar-refractivity contribution in [1.29, 1.82) is 0 Å². The molecule has 0 aliphatic heterocycles. The van der Waals surface area contributed by atoms with Gasteiger partial charge in [0, 0.05) is 13.0 Å². The van der Waals surface area contributed by atoms with E-state index in [2.05, 4.69) is 5.32 Å². The summed E-state index contributed by atoms with van der Waals surface area (Å²) in [5.41, 5.74) is 4.45. The number of carbonyl (C=O) groups is 2. The van der Waals surface area contributed by atoms with E-state index in [0.29, 0.717) is 13.0 Å². The second kappa shape index (κ2) is 5.70. The Morgan fingerprint density at radius 1 is 1.47 bits per heavy atom. The van der Waals surface area contributed by atoms with Crippen LogP contribution in [0.1, 0.15) is 27.2 Å². The van der Waals surface area contributed by atoms with Gasteiger partial charge in [-0.05, 0) is 26.3 Å². The lowest BCUT2D eigenvalue weighted by atomic mass is 9.94. The monoisotopic (exact) mass is 216 g/mol. The fraction of sp³-hybridized carbons (Fsp3) is 0.800. The first-order valence-electron chi connectivity index (χ1n) is 4.99. The Labute approximate surface area is 90.0 Å². The first-order chi connectivity index (χ1) is 6.79. The van der Waals surface area contributed by atoms with Crippen molar-refractivity contribution in [1.82, 2.24) is 5.32 Å². The van der Waals surface area contributed by atoms with Crippen molar-refractivity contribution in [3.8, 4) is 0 Å². The molecule has 0 aliphatic rings. The van der Waals surface area contributed by atoms with Crippen LogP contribution in [0.25, 0.3) is 0 Å². The van der Waals surface area contributed by atoms with Crippen molar-refractivity contribution in [2.24, 2.45) is 17.1 Å². The molecule has 4 N–H and O–H groups in total.